The van der Waals surface area contributed by atoms with Gasteiger partial charge in [0, 0.05) is 20.7 Å². The zero-order valence-corrected chi connectivity index (χ0v) is 14.8. The molecular weight excluding hydrogens is 398 g/mol. The lowest BCUT2D eigenvalue weighted by Crippen LogP contribution is -2.10. The lowest BCUT2D eigenvalue weighted by Gasteiger charge is -2.19. The Morgan fingerprint density at radius 1 is 1.24 bits per heavy atom. The molecule has 5 heteroatoms. The van der Waals surface area contributed by atoms with Crippen LogP contribution in [-0.4, -0.2) is 11.1 Å². The topological polar surface area (TPSA) is 49.3 Å². The average molecular weight is 413 g/mol. The second-order valence-electron chi connectivity index (χ2n) is 4.82. The van der Waals surface area contributed by atoms with E-state index in [0.29, 0.717) is 5.56 Å². The van der Waals surface area contributed by atoms with Crippen molar-refractivity contribution in [1.82, 2.24) is 0 Å². The van der Waals surface area contributed by atoms with Crippen molar-refractivity contribution < 1.29 is 9.90 Å². The Kier molecular flexibility index (Phi) is 5.06. The summed E-state index contributed by atoms with van der Waals surface area (Å²) in [5.41, 5.74) is 3.00. The highest BCUT2D eigenvalue weighted by Gasteiger charge is 2.14. The molecule has 2 aromatic rings. The Balaban J connectivity index is 2.29. The summed E-state index contributed by atoms with van der Waals surface area (Å²) < 4.78 is 2.01. The molecule has 0 saturated carbocycles. The second-order valence-corrected chi connectivity index (χ2v) is 6.59. The van der Waals surface area contributed by atoms with Crippen LogP contribution in [0.3, 0.4) is 0 Å². The number of anilines is 1. The van der Waals surface area contributed by atoms with Crippen LogP contribution < -0.4 is 5.32 Å². The number of carboxylic acids is 1. The molecule has 0 spiro atoms. The number of carboxylic acid groups (broad SMARTS) is 1. The fourth-order valence-electron chi connectivity index (χ4n) is 2.19. The van der Waals surface area contributed by atoms with Crippen LogP contribution in [0.1, 0.15) is 34.5 Å². The lowest BCUT2D eigenvalue weighted by molar-refractivity contribution is 0.0696. The molecule has 0 aliphatic carbocycles. The predicted octanol–water partition coefficient (Wildman–Crippen LogP) is 5.39. The van der Waals surface area contributed by atoms with Crippen LogP contribution >= 0.6 is 31.9 Å². The molecule has 0 fully saturated rings. The van der Waals surface area contributed by atoms with Gasteiger partial charge in [0.15, 0.2) is 0 Å². The molecule has 110 valence electrons. The van der Waals surface area contributed by atoms with Crippen LogP contribution in [0.2, 0.25) is 0 Å². The standard InChI is InChI=1S/C16H15Br2NO2/c1-9-12(16(20)21)4-3-5-15(9)19-10(2)13-7-6-11(17)8-14(13)18/h3-8,10,19H,1-2H3,(H,20,21). The number of aromatic carboxylic acids is 1. The smallest absolute Gasteiger partial charge is 0.336 e. The third kappa shape index (κ3) is 3.66. The van der Waals surface area contributed by atoms with Gasteiger partial charge in [0.05, 0.1) is 5.56 Å². The normalized spacial score (nSPS) is 12.0. The molecule has 3 nitrogen and oxygen atoms in total. The predicted molar refractivity (Wildman–Crippen MR) is 92.0 cm³/mol. The van der Waals surface area contributed by atoms with Crippen LogP contribution in [0.15, 0.2) is 45.3 Å². The maximum atomic E-state index is 11.2. The zero-order chi connectivity index (χ0) is 15.6. The van der Waals surface area contributed by atoms with E-state index in [9.17, 15) is 9.90 Å². The molecule has 2 N–H and O–H groups in total. The fraction of sp³-hybridized carbons (Fsp3) is 0.188. The van der Waals surface area contributed by atoms with Crippen molar-refractivity contribution in [3.05, 3.63) is 62.0 Å². The maximum absolute atomic E-state index is 11.2. The minimum atomic E-state index is -0.909. The van der Waals surface area contributed by atoms with Crippen molar-refractivity contribution >= 4 is 43.5 Å². The first kappa shape index (κ1) is 16.0. The molecule has 0 amide bonds. The van der Waals surface area contributed by atoms with E-state index in [2.05, 4.69) is 37.2 Å². The quantitative estimate of drug-likeness (QED) is 0.707. The van der Waals surface area contributed by atoms with Crippen LogP contribution in [0.4, 0.5) is 5.69 Å². The van der Waals surface area contributed by atoms with E-state index in [0.717, 1.165) is 25.8 Å². The van der Waals surface area contributed by atoms with Gasteiger partial charge in [-0.2, -0.15) is 0 Å². The monoisotopic (exact) mass is 411 g/mol. The van der Waals surface area contributed by atoms with Gasteiger partial charge < -0.3 is 10.4 Å². The molecule has 1 unspecified atom stereocenters. The Hall–Kier alpha value is -1.33. The first-order valence-electron chi connectivity index (χ1n) is 6.44. The number of halogens is 2. The largest absolute Gasteiger partial charge is 0.478 e. The van der Waals surface area contributed by atoms with E-state index in [4.69, 9.17) is 0 Å². The summed E-state index contributed by atoms with van der Waals surface area (Å²) in [6.45, 7) is 3.86. The van der Waals surface area contributed by atoms with Crippen LogP contribution in [-0.2, 0) is 0 Å². The van der Waals surface area contributed by atoms with E-state index in [1.807, 2.05) is 38.1 Å². The molecule has 0 saturated heterocycles. The highest BCUT2D eigenvalue weighted by molar-refractivity contribution is 9.11. The van der Waals surface area contributed by atoms with Gasteiger partial charge in [-0.05, 0) is 49.2 Å². The number of rotatable bonds is 4. The summed E-state index contributed by atoms with van der Waals surface area (Å²) >= 11 is 6.99. The average Bonchev–Trinajstić information content (AvgIpc) is 2.40. The molecule has 21 heavy (non-hydrogen) atoms. The van der Waals surface area contributed by atoms with Crippen molar-refractivity contribution in [2.24, 2.45) is 0 Å². The minimum absolute atomic E-state index is 0.0511. The number of nitrogens with one attached hydrogen (secondary N) is 1. The third-order valence-electron chi connectivity index (χ3n) is 3.37. The number of hydrogen-bond acceptors (Lipinski definition) is 2. The van der Waals surface area contributed by atoms with Crippen molar-refractivity contribution in [3.8, 4) is 0 Å². The van der Waals surface area contributed by atoms with Crippen molar-refractivity contribution in [2.75, 3.05) is 5.32 Å². The molecule has 0 heterocycles. The Labute approximate surface area is 140 Å². The molecule has 0 aliphatic rings. The van der Waals surface area contributed by atoms with E-state index < -0.39 is 5.97 Å². The van der Waals surface area contributed by atoms with Crippen molar-refractivity contribution in [3.63, 3.8) is 0 Å². The molecule has 0 radical (unpaired) electrons. The molecule has 0 aromatic heterocycles. The van der Waals surface area contributed by atoms with E-state index in [1.54, 1.807) is 12.1 Å². The van der Waals surface area contributed by atoms with Crippen LogP contribution in [0.25, 0.3) is 0 Å². The van der Waals surface area contributed by atoms with Gasteiger partial charge in [0.2, 0.25) is 0 Å². The SMILES string of the molecule is Cc1c(NC(C)c2ccc(Br)cc2Br)cccc1C(=O)O. The van der Waals surface area contributed by atoms with Gasteiger partial charge >= 0.3 is 5.97 Å². The molecule has 0 aliphatic heterocycles. The van der Waals surface area contributed by atoms with E-state index in [-0.39, 0.29) is 6.04 Å². The summed E-state index contributed by atoms with van der Waals surface area (Å²) in [7, 11) is 0. The van der Waals surface area contributed by atoms with E-state index in [1.165, 1.54) is 0 Å². The molecule has 2 rings (SSSR count). The summed E-state index contributed by atoms with van der Waals surface area (Å²) in [6, 6.07) is 11.3. The maximum Gasteiger partial charge on any atom is 0.336 e. The molecule has 1 atom stereocenters. The molecule has 0 bridgehead atoms. The molecular formula is C16H15Br2NO2. The van der Waals surface area contributed by atoms with Gasteiger partial charge in [0.25, 0.3) is 0 Å². The molecule has 2 aromatic carbocycles. The zero-order valence-electron chi connectivity index (χ0n) is 11.7. The van der Waals surface area contributed by atoms with Crippen molar-refractivity contribution in [2.45, 2.75) is 19.9 Å². The Bertz CT molecular complexity index is 686. The summed E-state index contributed by atoms with van der Waals surface area (Å²) in [5, 5.41) is 12.5. The Morgan fingerprint density at radius 3 is 2.57 bits per heavy atom. The van der Waals surface area contributed by atoms with Gasteiger partial charge in [-0.15, -0.1) is 0 Å². The first-order valence-corrected chi connectivity index (χ1v) is 8.03. The minimum Gasteiger partial charge on any atom is -0.478 e. The van der Waals surface area contributed by atoms with Crippen LogP contribution in [0, 0.1) is 6.92 Å². The van der Waals surface area contributed by atoms with Gasteiger partial charge in [-0.25, -0.2) is 4.79 Å². The number of carbonyl (C=O) groups is 1. The summed E-state index contributed by atoms with van der Waals surface area (Å²) in [4.78, 5) is 11.2. The third-order valence-corrected chi connectivity index (χ3v) is 4.55. The van der Waals surface area contributed by atoms with Gasteiger partial charge in [0.1, 0.15) is 0 Å². The summed E-state index contributed by atoms with van der Waals surface area (Å²) in [6.07, 6.45) is 0. The van der Waals surface area contributed by atoms with Crippen molar-refractivity contribution in [1.29, 1.82) is 0 Å². The Morgan fingerprint density at radius 2 is 1.95 bits per heavy atom. The van der Waals surface area contributed by atoms with Gasteiger partial charge in [-0.1, -0.05) is 44.0 Å². The second kappa shape index (κ2) is 6.62. The first-order chi connectivity index (χ1) is 9.90. The lowest BCUT2D eigenvalue weighted by atomic mass is 10.0. The summed E-state index contributed by atoms with van der Waals surface area (Å²) in [5.74, 6) is -0.909. The van der Waals surface area contributed by atoms with E-state index >= 15 is 0 Å². The highest BCUT2D eigenvalue weighted by atomic mass is 79.9. The van der Waals surface area contributed by atoms with Gasteiger partial charge in [-0.3, -0.25) is 0 Å². The fourth-order valence-corrected chi connectivity index (χ4v) is 3.58. The number of benzene rings is 2. The van der Waals surface area contributed by atoms with Crippen LogP contribution in [0.5, 0.6) is 0 Å². The number of hydrogen-bond donors (Lipinski definition) is 2. The highest BCUT2D eigenvalue weighted by Crippen LogP contribution is 2.30.